The molecule has 5 heteroatoms. The maximum atomic E-state index is 11.2. The van der Waals surface area contributed by atoms with E-state index in [2.05, 4.69) is 4.99 Å². The molecule has 0 fully saturated rings. The minimum atomic E-state index is -0.150. The fourth-order valence-corrected chi connectivity index (χ4v) is 2.97. The van der Waals surface area contributed by atoms with Crippen molar-refractivity contribution in [3.8, 4) is 0 Å². The van der Waals surface area contributed by atoms with Gasteiger partial charge in [-0.05, 0) is 13.8 Å². The van der Waals surface area contributed by atoms with Gasteiger partial charge in [0.05, 0.1) is 13.2 Å². The molecule has 0 amide bonds. The van der Waals surface area contributed by atoms with Crippen LogP contribution in [0, 0.1) is 0 Å². The fraction of sp³-hybridized carbons (Fsp3) is 0.750. The summed E-state index contributed by atoms with van der Waals surface area (Å²) in [6, 6.07) is 0. The van der Waals surface area contributed by atoms with Gasteiger partial charge < -0.3 is 4.74 Å². The Bertz CT molecular complexity index is 218. The van der Waals surface area contributed by atoms with Gasteiger partial charge in [0.1, 0.15) is 9.63 Å². The van der Waals surface area contributed by atoms with Crippen LogP contribution < -0.4 is 0 Å². The number of ether oxygens (including phenoxy) is 1. The molecule has 3 nitrogen and oxygen atoms in total. The van der Waals surface area contributed by atoms with Crippen molar-refractivity contribution in [3.63, 3.8) is 0 Å². The van der Waals surface area contributed by atoms with Crippen molar-refractivity contribution in [2.24, 2.45) is 4.99 Å². The number of hydrogen-bond donors (Lipinski definition) is 0. The molecule has 0 aromatic carbocycles. The highest BCUT2D eigenvalue weighted by molar-refractivity contribution is 8.39. The van der Waals surface area contributed by atoms with E-state index in [4.69, 9.17) is 4.74 Å². The first kappa shape index (κ1) is 10.9. The van der Waals surface area contributed by atoms with Crippen molar-refractivity contribution in [2.45, 2.75) is 19.1 Å². The molecule has 0 saturated carbocycles. The lowest BCUT2D eigenvalue weighted by Gasteiger charge is -2.08. The third-order valence-electron chi connectivity index (χ3n) is 1.45. The average Bonchev–Trinajstić information content (AvgIpc) is 2.57. The van der Waals surface area contributed by atoms with Gasteiger partial charge in [-0.2, -0.15) is 0 Å². The Kier molecular flexibility index (Phi) is 4.66. The molecule has 0 N–H and O–H groups in total. The monoisotopic (exact) mass is 219 g/mol. The first-order chi connectivity index (χ1) is 6.24. The van der Waals surface area contributed by atoms with Gasteiger partial charge in [0.25, 0.3) is 0 Å². The summed E-state index contributed by atoms with van der Waals surface area (Å²) in [5.74, 6) is 0.889. The van der Waals surface area contributed by atoms with Crippen LogP contribution in [0.3, 0.4) is 0 Å². The molecule has 0 bridgehead atoms. The van der Waals surface area contributed by atoms with E-state index in [-0.39, 0.29) is 11.2 Å². The maximum Gasteiger partial charge on any atom is 0.319 e. The highest BCUT2D eigenvalue weighted by Crippen LogP contribution is 2.26. The van der Waals surface area contributed by atoms with E-state index in [0.717, 1.165) is 16.7 Å². The Balaban J connectivity index is 2.31. The van der Waals surface area contributed by atoms with E-state index in [1.54, 1.807) is 11.8 Å². The number of nitrogens with zero attached hydrogens (tertiary/aromatic N) is 1. The minimum absolute atomic E-state index is 0.135. The van der Waals surface area contributed by atoms with Gasteiger partial charge in [-0.3, -0.25) is 9.79 Å². The van der Waals surface area contributed by atoms with Gasteiger partial charge in [-0.15, -0.1) is 0 Å². The second-order valence-corrected chi connectivity index (χ2v) is 5.18. The van der Waals surface area contributed by atoms with Crippen molar-refractivity contribution >= 4 is 33.9 Å². The molecule has 0 saturated heterocycles. The number of carbonyl (C=O) groups excluding carboxylic acids is 1. The van der Waals surface area contributed by atoms with Crippen molar-refractivity contribution < 1.29 is 9.53 Å². The molecule has 0 radical (unpaired) electrons. The normalized spacial score (nSPS) is 18.2. The van der Waals surface area contributed by atoms with Gasteiger partial charge in [-0.1, -0.05) is 23.5 Å². The predicted octanol–water partition coefficient (Wildman–Crippen LogP) is 1.77. The number of thioether (sulfide) groups is 2. The molecular weight excluding hydrogens is 206 g/mol. The van der Waals surface area contributed by atoms with Crippen LogP contribution in [-0.4, -0.2) is 34.5 Å². The number of carbonyl (C=O) groups is 1. The third kappa shape index (κ3) is 3.60. The quantitative estimate of drug-likeness (QED) is 0.678. The maximum absolute atomic E-state index is 11.2. The van der Waals surface area contributed by atoms with Gasteiger partial charge in [-0.25, -0.2) is 0 Å². The second-order valence-electron chi connectivity index (χ2n) is 2.51. The zero-order valence-corrected chi connectivity index (χ0v) is 9.41. The second kappa shape index (κ2) is 5.54. The summed E-state index contributed by atoms with van der Waals surface area (Å²) in [6.45, 7) is 4.99. The minimum Gasteiger partial charge on any atom is -0.465 e. The van der Waals surface area contributed by atoms with E-state index in [1.807, 2.05) is 13.8 Å². The van der Waals surface area contributed by atoms with Gasteiger partial charge in [0.15, 0.2) is 0 Å². The molecular formula is C8H13NO2S2. The number of rotatable bonds is 3. The van der Waals surface area contributed by atoms with Gasteiger partial charge >= 0.3 is 5.97 Å². The summed E-state index contributed by atoms with van der Waals surface area (Å²) in [4.78, 5) is 15.5. The molecule has 74 valence electrons. The lowest BCUT2D eigenvalue weighted by molar-refractivity contribution is -0.142. The van der Waals surface area contributed by atoms with Gasteiger partial charge in [0.2, 0.25) is 0 Å². The molecule has 1 aliphatic heterocycles. The molecule has 0 aromatic rings. The lowest BCUT2D eigenvalue weighted by Crippen LogP contribution is -2.17. The van der Waals surface area contributed by atoms with Crippen LogP contribution in [0.2, 0.25) is 0 Å². The summed E-state index contributed by atoms with van der Waals surface area (Å²) in [6.07, 6.45) is 0. The number of hydrogen-bond acceptors (Lipinski definition) is 5. The van der Waals surface area contributed by atoms with Crippen molar-refractivity contribution in [1.82, 2.24) is 0 Å². The molecule has 13 heavy (non-hydrogen) atoms. The molecule has 1 rings (SSSR count). The summed E-state index contributed by atoms with van der Waals surface area (Å²) < 4.78 is 5.90. The van der Waals surface area contributed by atoms with Crippen LogP contribution in [0.25, 0.3) is 0 Å². The molecule has 0 aliphatic carbocycles. The van der Waals surface area contributed by atoms with E-state index in [1.165, 1.54) is 11.8 Å². The molecule has 0 spiro atoms. The Morgan fingerprint density at radius 3 is 3.15 bits per heavy atom. The van der Waals surface area contributed by atoms with Crippen molar-refractivity contribution in [2.75, 3.05) is 18.9 Å². The summed E-state index contributed by atoms with van der Waals surface area (Å²) in [5, 5.41) is -0.135. The SMILES string of the molecule is CCOC(=O)C(C)SC1=NCCS1. The standard InChI is InChI=1S/C8H13NO2S2/c1-3-11-7(10)6(2)13-8-9-4-5-12-8/h6H,3-5H2,1-2H3. The number of esters is 1. The zero-order valence-electron chi connectivity index (χ0n) is 7.78. The van der Waals surface area contributed by atoms with Crippen LogP contribution >= 0.6 is 23.5 Å². The van der Waals surface area contributed by atoms with Crippen LogP contribution in [0.15, 0.2) is 4.99 Å². The highest BCUT2D eigenvalue weighted by atomic mass is 32.2. The first-order valence-electron chi connectivity index (χ1n) is 4.24. The van der Waals surface area contributed by atoms with Crippen LogP contribution in [0.5, 0.6) is 0 Å². The summed E-state index contributed by atoms with van der Waals surface area (Å²) >= 11 is 3.21. The van der Waals surface area contributed by atoms with Crippen LogP contribution in [0.1, 0.15) is 13.8 Å². The topological polar surface area (TPSA) is 38.7 Å². The van der Waals surface area contributed by atoms with E-state index in [9.17, 15) is 4.79 Å². The Morgan fingerprint density at radius 1 is 1.85 bits per heavy atom. The number of aliphatic imine (C=N–C) groups is 1. The van der Waals surface area contributed by atoms with E-state index >= 15 is 0 Å². The Hall–Kier alpha value is -0.160. The van der Waals surface area contributed by atoms with E-state index < -0.39 is 0 Å². The van der Waals surface area contributed by atoms with Crippen molar-refractivity contribution in [3.05, 3.63) is 0 Å². The summed E-state index contributed by atoms with van der Waals surface area (Å²) in [7, 11) is 0. The highest BCUT2D eigenvalue weighted by Gasteiger charge is 2.19. The predicted molar refractivity (Wildman–Crippen MR) is 58.4 cm³/mol. The molecule has 0 aromatic heterocycles. The molecule has 1 atom stereocenters. The zero-order chi connectivity index (χ0) is 9.68. The molecule has 1 aliphatic rings. The van der Waals surface area contributed by atoms with Crippen molar-refractivity contribution in [1.29, 1.82) is 0 Å². The third-order valence-corrected chi connectivity index (χ3v) is 3.74. The smallest absolute Gasteiger partial charge is 0.319 e. The van der Waals surface area contributed by atoms with Gasteiger partial charge in [0, 0.05) is 5.75 Å². The first-order valence-corrected chi connectivity index (χ1v) is 6.11. The lowest BCUT2D eigenvalue weighted by atomic mass is 10.5. The molecule has 1 heterocycles. The van der Waals surface area contributed by atoms with Crippen LogP contribution in [0.4, 0.5) is 0 Å². The summed E-state index contributed by atoms with van der Waals surface area (Å²) in [5.41, 5.74) is 0. The van der Waals surface area contributed by atoms with E-state index in [0.29, 0.717) is 6.61 Å². The van der Waals surface area contributed by atoms with Crippen LogP contribution in [-0.2, 0) is 9.53 Å². The Morgan fingerprint density at radius 2 is 2.62 bits per heavy atom. The largest absolute Gasteiger partial charge is 0.465 e. The molecule has 1 unspecified atom stereocenters. The fourth-order valence-electron chi connectivity index (χ4n) is 0.846. The Labute approximate surface area is 86.7 Å². The average molecular weight is 219 g/mol.